The van der Waals surface area contributed by atoms with Crippen LogP contribution in [0.25, 0.3) is 0 Å². The maximum Gasteiger partial charge on any atom is 0.245 e. The summed E-state index contributed by atoms with van der Waals surface area (Å²) in [4.78, 5) is 24.1. The quantitative estimate of drug-likeness (QED) is 0.679. The summed E-state index contributed by atoms with van der Waals surface area (Å²) in [6.45, 7) is 0.123. The van der Waals surface area contributed by atoms with Gasteiger partial charge in [0.05, 0.1) is 18.9 Å². The minimum absolute atomic E-state index is 0.123. The number of carbonyl (C=O) groups excluding carboxylic acids is 2. The zero-order valence-electron chi connectivity index (χ0n) is 10.9. The van der Waals surface area contributed by atoms with Crippen molar-refractivity contribution in [2.24, 2.45) is 5.92 Å². The van der Waals surface area contributed by atoms with Gasteiger partial charge < -0.3 is 9.73 Å². The van der Waals surface area contributed by atoms with Crippen LogP contribution in [0.4, 0.5) is 0 Å². The third kappa shape index (κ3) is 3.71. The van der Waals surface area contributed by atoms with Gasteiger partial charge in [-0.2, -0.15) is 5.26 Å². The zero-order valence-corrected chi connectivity index (χ0v) is 11.6. The number of nitrogens with one attached hydrogen (secondary N) is 1. The molecule has 2 rings (SSSR count). The molecule has 0 radical (unpaired) electrons. The molecule has 0 unspecified atom stereocenters. The average Bonchev–Trinajstić information content (AvgIpc) is 3.00. The summed E-state index contributed by atoms with van der Waals surface area (Å²) in [7, 11) is 0. The van der Waals surface area contributed by atoms with Gasteiger partial charge in [0.25, 0.3) is 0 Å². The van der Waals surface area contributed by atoms with Gasteiger partial charge in [0.1, 0.15) is 5.76 Å². The number of rotatable bonds is 5. The van der Waals surface area contributed by atoms with Crippen LogP contribution in [0, 0.1) is 17.2 Å². The van der Waals surface area contributed by atoms with Crippen molar-refractivity contribution >= 4 is 23.3 Å². The maximum atomic E-state index is 12.1. The van der Waals surface area contributed by atoms with Crippen molar-refractivity contribution in [1.29, 1.82) is 5.26 Å². The first kappa shape index (κ1) is 14.8. The molecule has 0 saturated carbocycles. The third-order valence-corrected chi connectivity index (χ3v) is 3.05. The summed E-state index contributed by atoms with van der Waals surface area (Å²) in [6.07, 6.45) is 1.47. The van der Waals surface area contributed by atoms with Crippen molar-refractivity contribution < 1.29 is 14.0 Å². The second-order valence-corrected chi connectivity index (χ2v) is 4.67. The molecule has 1 atom stereocenters. The predicted molar refractivity (Wildman–Crippen MR) is 75.4 cm³/mol. The van der Waals surface area contributed by atoms with E-state index in [2.05, 4.69) is 5.32 Å². The number of benzene rings is 1. The van der Waals surface area contributed by atoms with Crippen molar-refractivity contribution in [3.05, 3.63) is 59.0 Å². The highest BCUT2D eigenvalue weighted by molar-refractivity contribution is 6.30. The smallest absolute Gasteiger partial charge is 0.245 e. The molecule has 1 aromatic carbocycles. The molecule has 0 aliphatic carbocycles. The van der Waals surface area contributed by atoms with Crippen LogP contribution >= 0.6 is 11.6 Å². The number of hydrogen-bond donors (Lipinski definition) is 1. The van der Waals surface area contributed by atoms with Crippen LogP contribution in [0.3, 0.4) is 0 Å². The Kier molecular flexibility index (Phi) is 4.75. The molecule has 0 saturated heterocycles. The number of furan rings is 1. The van der Waals surface area contributed by atoms with Gasteiger partial charge in [0.15, 0.2) is 11.7 Å². The third-order valence-electron chi connectivity index (χ3n) is 2.80. The van der Waals surface area contributed by atoms with Crippen LogP contribution in [-0.2, 0) is 11.3 Å². The number of nitrogens with zero attached hydrogens (tertiary/aromatic N) is 1. The van der Waals surface area contributed by atoms with Gasteiger partial charge in [-0.25, -0.2) is 0 Å². The highest BCUT2D eigenvalue weighted by Gasteiger charge is 2.27. The molecular weight excluding hydrogens is 292 g/mol. The van der Waals surface area contributed by atoms with Crippen molar-refractivity contribution in [3.8, 4) is 6.07 Å². The summed E-state index contributed by atoms with van der Waals surface area (Å²) in [6, 6.07) is 11.1. The van der Waals surface area contributed by atoms with Gasteiger partial charge in [-0.15, -0.1) is 0 Å². The molecule has 0 spiro atoms. The normalized spacial score (nSPS) is 11.4. The molecule has 1 N–H and O–H groups in total. The SMILES string of the molecule is N#C[C@H](C(=O)NCc1ccco1)C(=O)c1ccc(Cl)cc1. The molecular formula is C15H11ClN2O3. The molecule has 0 aliphatic rings. The highest BCUT2D eigenvalue weighted by Crippen LogP contribution is 2.14. The van der Waals surface area contributed by atoms with E-state index in [1.807, 2.05) is 0 Å². The first-order valence-electron chi connectivity index (χ1n) is 6.11. The number of nitriles is 1. The topological polar surface area (TPSA) is 83.1 Å². The Hall–Kier alpha value is -2.58. The lowest BCUT2D eigenvalue weighted by Gasteiger charge is -2.08. The van der Waals surface area contributed by atoms with Gasteiger partial charge >= 0.3 is 0 Å². The van der Waals surface area contributed by atoms with Crippen molar-refractivity contribution in [2.45, 2.75) is 6.54 Å². The Morgan fingerprint density at radius 2 is 2.00 bits per heavy atom. The lowest BCUT2D eigenvalue weighted by atomic mass is 9.98. The van der Waals surface area contributed by atoms with Crippen LogP contribution in [0.5, 0.6) is 0 Å². The Bertz CT molecular complexity index is 672. The van der Waals surface area contributed by atoms with Crippen LogP contribution in [-0.4, -0.2) is 11.7 Å². The van der Waals surface area contributed by atoms with Crippen LogP contribution in [0.15, 0.2) is 47.1 Å². The molecule has 106 valence electrons. The fourth-order valence-corrected chi connectivity index (χ4v) is 1.83. The summed E-state index contributed by atoms with van der Waals surface area (Å²) in [5.74, 6) is -2.08. The lowest BCUT2D eigenvalue weighted by Crippen LogP contribution is -2.34. The number of hydrogen-bond acceptors (Lipinski definition) is 4. The Morgan fingerprint density at radius 1 is 1.29 bits per heavy atom. The summed E-state index contributed by atoms with van der Waals surface area (Å²) in [5, 5.41) is 12.0. The fraction of sp³-hybridized carbons (Fsp3) is 0.133. The zero-order chi connectivity index (χ0) is 15.2. The lowest BCUT2D eigenvalue weighted by molar-refractivity contribution is -0.122. The van der Waals surface area contributed by atoms with Crippen molar-refractivity contribution in [3.63, 3.8) is 0 Å². The van der Waals surface area contributed by atoms with Gasteiger partial charge in [0.2, 0.25) is 5.91 Å². The second-order valence-electron chi connectivity index (χ2n) is 4.23. The Labute approximate surface area is 126 Å². The summed E-state index contributed by atoms with van der Waals surface area (Å²) in [5.41, 5.74) is 0.263. The molecule has 0 fully saturated rings. The Balaban J connectivity index is 2.04. The molecule has 0 bridgehead atoms. The number of amides is 1. The van der Waals surface area contributed by atoms with Gasteiger partial charge in [-0.1, -0.05) is 11.6 Å². The molecule has 5 nitrogen and oxygen atoms in total. The number of carbonyl (C=O) groups is 2. The molecule has 6 heteroatoms. The molecule has 1 aromatic heterocycles. The highest BCUT2D eigenvalue weighted by atomic mass is 35.5. The molecule has 1 amide bonds. The van der Waals surface area contributed by atoms with E-state index >= 15 is 0 Å². The predicted octanol–water partition coefficient (Wildman–Crippen LogP) is 2.57. The second kappa shape index (κ2) is 6.73. The van der Waals surface area contributed by atoms with E-state index in [1.165, 1.54) is 30.5 Å². The van der Waals surface area contributed by atoms with E-state index in [-0.39, 0.29) is 12.1 Å². The van der Waals surface area contributed by atoms with Crippen molar-refractivity contribution in [1.82, 2.24) is 5.32 Å². The van der Waals surface area contributed by atoms with Gasteiger partial charge in [-0.3, -0.25) is 9.59 Å². The number of halogens is 1. The van der Waals surface area contributed by atoms with E-state index in [0.29, 0.717) is 10.8 Å². The monoisotopic (exact) mass is 302 g/mol. The Morgan fingerprint density at radius 3 is 2.57 bits per heavy atom. The van der Waals surface area contributed by atoms with Crippen LogP contribution in [0.2, 0.25) is 5.02 Å². The van der Waals surface area contributed by atoms with E-state index in [9.17, 15) is 9.59 Å². The largest absolute Gasteiger partial charge is 0.467 e. The molecule has 0 aliphatic heterocycles. The summed E-state index contributed by atoms with van der Waals surface area (Å²) < 4.78 is 5.06. The first-order chi connectivity index (χ1) is 10.1. The van der Waals surface area contributed by atoms with E-state index in [4.69, 9.17) is 21.3 Å². The average molecular weight is 303 g/mol. The molecule has 21 heavy (non-hydrogen) atoms. The van der Waals surface area contributed by atoms with Gasteiger partial charge in [-0.05, 0) is 36.4 Å². The van der Waals surface area contributed by atoms with E-state index in [1.54, 1.807) is 18.2 Å². The van der Waals surface area contributed by atoms with Crippen LogP contribution in [0.1, 0.15) is 16.1 Å². The van der Waals surface area contributed by atoms with Crippen LogP contribution < -0.4 is 5.32 Å². The van der Waals surface area contributed by atoms with E-state index < -0.39 is 17.6 Å². The van der Waals surface area contributed by atoms with Gasteiger partial charge in [0, 0.05) is 10.6 Å². The standard InChI is InChI=1S/C15H11ClN2O3/c16-11-5-3-10(4-6-11)14(19)13(8-17)15(20)18-9-12-2-1-7-21-12/h1-7,13H,9H2,(H,18,20)/t13-/m0/s1. The molecule has 2 aromatic rings. The minimum atomic E-state index is -1.40. The number of Topliss-reactive ketones (excluding diaryl/α,β-unsaturated/α-hetero) is 1. The fourth-order valence-electron chi connectivity index (χ4n) is 1.71. The minimum Gasteiger partial charge on any atom is -0.467 e. The molecule has 1 heterocycles. The number of ketones is 1. The van der Waals surface area contributed by atoms with E-state index in [0.717, 1.165) is 0 Å². The van der Waals surface area contributed by atoms with Crippen molar-refractivity contribution in [2.75, 3.05) is 0 Å². The first-order valence-corrected chi connectivity index (χ1v) is 6.49. The maximum absolute atomic E-state index is 12.1. The summed E-state index contributed by atoms with van der Waals surface area (Å²) >= 11 is 5.73.